The Morgan fingerprint density at radius 1 is 1.36 bits per heavy atom. The first kappa shape index (κ1) is 19.4. The van der Waals surface area contributed by atoms with Crippen LogP contribution in [0, 0.1) is 19.8 Å². The van der Waals surface area contributed by atoms with Crippen LogP contribution in [-0.2, 0) is 19.6 Å². The van der Waals surface area contributed by atoms with Crippen LogP contribution in [0.5, 0.6) is 0 Å². The van der Waals surface area contributed by atoms with Crippen molar-refractivity contribution in [2.45, 2.75) is 57.5 Å². The second kappa shape index (κ2) is 7.12. The Morgan fingerprint density at radius 3 is 2.40 bits per heavy atom. The highest BCUT2D eigenvalue weighted by Gasteiger charge is 2.38. The average molecular weight is 373 g/mol. The second-order valence-corrected chi connectivity index (χ2v) is 8.11. The molecule has 1 aliphatic rings. The van der Waals surface area contributed by atoms with Crippen LogP contribution in [0.15, 0.2) is 9.42 Å². The van der Waals surface area contributed by atoms with E-state index in [-0.39, 0.29) is 28.9 Å². The van der Waals surface area contributed by atoms with Gasteiger partial charge < -0.3 is 14.5 Å². The van der Waals surface area contributed by atoms with Crippen molar-refractivity contribution in [3.05, 3.63) is 11.5 Å². The third-order valence-corrected chi connectivity index (χ3v) is 5.89. The molecule has 1 amide bonds. The van der Waals surface area contributed by atoms with Gasteiger partial charge >= 0.3 is 5.97 Å². The minimum Gasteiger partial charge on any atom is -0.481 e. The first-order valence-corrected chi connectivity index (χ1v) is 9.51. The van der Waals surface area contributed by atoms with Crippen molar-refractivity contribution < 1.29 is 27.6 Å². The Balaban J connectivity index is 2.14. The molecule has 0 spiro atoms. The molecule has 140 valence electrons. The van der Waals surface area contributed by atoms with Crippen LogP contribution in [-0.4, -0.2) is 54.1 Å². The van der Waals surface area contributed by atoms with Gasteiger partial charge in [0.05, 0.1) is 12.0 Å². The highest BCUT2D eigenvalue weighted by Crippen LogP contribution is 2.28. The molecule has 0 radical (unpaired) electrons. The van der Waals surface area contributed by atoms with Crippen molar-refractivity contribution >= 4 is 21.9 Å². The van der Waals surface area contributed by atoms with Crippen LogP contribution in [0.2, 0.25) is 0 Å². The van der Waals surface area contributed by atoms with Crippen molar-refractivity contribution in [3.8, 4) is 0 Å². The Bertz CT molecular complexity index is 749. The van der Waals surface area contributed by atoms with E-state index in [1.165, 1.54) is 32.6 Å². The fourth-order valence-electron chi connectivity index (χ4n) is 2.63. The molecule has 0 saturated heterocycles. The summed E-state index contributed by atoms with van der Waals surface area (Å²) in [4.78, 5) is 25.1. The number of aromatic nitrogens is 1. The molecule has 25 heavy (non-hydrogen) atoms. The number of carbonyl (C=O) groups is 2. The third-order valence-electron chi connectivity index (χ3n) is 4.10. The number of amides is 1. The first-order valence-electron chi connectivity index (χ1n) is 8.03. The minimum absolute atomic E-state index is 0.0275. The van der Waals surface area contributed by atoms with Gasteiger partial charge in [-0.25, -0.2) is 8.42 Å². The Labute approximate surface area is 146 Å². The number of aliphatic carboxylic acids is 1. The van der Waals surface area contributed by atoms with Crippen molar-refractivity contribution in [2.24, 2.45) is 5.92 Å². The van der Waals surface area contributed by atoms with Crippen molar-refractivity contribution in [3.63, 3.8) is 0 Å². The maximum Gasteiger partial charge on any atom is 0.308 e. The molecule has 2 rings (SSSR count). The summed E-state index contributed by atoms with van der Waals surface area (Å²) < 4.78 is 32.2. The quantitative estimate of drug-likeness (QED) is 0.685. The second-order valence-electron chi connectivity index (χ2n) is 6.46. The number of hydrogen-bond acceptors (Lipinski definition) is 6. The maximum atomic E-state index is 12.7. The van der Waals surface area contributed by atoms with Gasteiger partial charge in [0.25, 0.3) is 0 Å². The topological polar surface area (TPSA) is 130 Å². The van der Waals surface area contributed by atoms with Crippen LogP contribution in [0.3, 0.4) is 0 Å². The number of nitrogens with zero attached hydrogens (tertiary/aromatic N) is 2. The Morgan fingerprint density at radius 2 is 1.96 bits per heavy atom. The molecule has 2 N–H and O–H groups in total. The lowest BCUT2D eigenvalue weighted by molar-refractivity contribution is -0.143. The third kappa shape index (κ3) is 4.37. The number of carbonyl (C=O) groups excluding carboxylic acids is 1. The molecule has 0 bridgehead atoms. The molecular formula is C15H23N3O6S. The van der Waals surface area contributed by atoms with E-state index in [0.717, 1.165) is 12.8 Å². The summed E-state index contributed by atoms with van der Waals surface area (Å²) in [6.07, 6.45) is 1.59. The number of hydrogen-bond donors (Lipinski definition) is 2. The van der Waals surface area contributed by atoms with Crippen molar-refractivity contribution in [1.82, 2.24) is 14.8 Å². The molecule has 1 aromatic rings. The van der Waals surface area contributed by atoms with Crippen LogP contribution in [0.1, 0.15) is 38.1 Å². The molecule has 1 fully saturated rings. The molecule has 9 nitrogen and oxygen atoms in total. The molecular weight excluding hydrogens is 350 g/mol. The SMILES string of the molecule is Cc1noc(C)c1S(=O)(=O)NC(C)C(=O)N(CC(C)C(=O)O)C1CC1. The lowest BCUT2D eigenvalue weighted by Crippen LogP contribution is -2.49. The molecule has 2 unspecified atom stereocenters. The zero-order chi connectivity index (χ0) is 18.9. The zero-order valence-corrected chi connectivity index (χ0v) is 15.5. The average Bonchev–Trinajstić information content (AvgIpc) is 3.28. The van der Waals surface area contributed by atoms with Crippen molar-refractivity contribution in [1.29, 1.82) is 0 Å². The van der Waals surface area contributed by atoms with Gasteiger partial charge in [-0.2, -0.15) is 4.72 Å². The van der Waals surface area contributed by atoms with Gasteiger partial charge in [-0.1, -0.05) is 12.1 Å². The largest absolute Gasteiger partial charge is 0.481 e. The highest BCUT2D eigenvalue weighted by atomic mass is 32.2. The van der Waals surface area contributed by atoms with Gasteiger partial charge in [-0.05, 0) is 33.6 Å². The lowest BCUT2D eigenvalue weighted by atomic mass is 10.1. The summed E-state index contributed by atoms with van der Waals surface area (Å²) in [5.74, 6) is -2.02. The molecule has 0 aliphatic heterocycles. The van der Waals surface area contributed by atoms with Crippen LogP contribution < -0.4 is 4.72 Å². The monoisotopic (exact) mass is 373 g/mol. The van der Waals surface area contributed by atoms with Crippen LogP contribution >= 0.6 is 0 Å². The number of carboxylic acid groups (broad SMARTS) is 1. The number of carboxylic acids is 1. The maximum absolute atomic E-state index is 12.7. The molecule has 1 aliphatic carbocycles. The molecule has 0 aromatic carbocycles. The van der Waals surface area contributed by atoms with E-state index in [4.69, 9.17) is 9.63 Å². The minimum atomic E-state index is -3.98. The number of rotatable bonds is 8. The van der Waals surface area contributed by atoms with Crippen molar-refractivity contribution in [2.75, 3.05) is 6.54 Å². The fraction of sp³-hybridized carbons (Fsp3) is 0.667. The molecule has 1 aromatic heterocycles. The molecule has 2 atom stereocenters. The van der Waals surface area contributed by atoms with E-state index in [9.17, 15) is 18.0 Å². The zero-order valence-electron chi connectivity index (χ0n) is 14.6. The van der Waals surface area contributed by atoms with Gasteiger partial charge in [0.15, 0.2) is 5.76 Å². The smallest absolute Gasteiger partial charge is 0.308 e. The van der Waals surface area contributed by atoms with Gasteiger partial charge in [0.1, 0.15) is 10.6 Å². The first-order chi connectivity index (χ1) is 11.5. The number of aryl methyl sites for hydroxylation is 2. The summed E-state index contributed by atoms with van der Waals surface area (Å²) in [7, 11) is -3.98. The summed E-state index contributed by atoms with van der Waals surface area (Å²) in [5, 5.41) is 12.7. The van der Waals surface area contributed by atoms with E-state index in [0.29, 0.717) is 0 Å². The van der Waals surface area contributed by atoms with Gasteiger partial charge in [-0.15, -0.1) is 0 Å². The predicted octanol–water partition coefficient (Wildman–Crippen LogP) is 0.670. The molecule has 1 saturated carbocycles. The highest BCUT2D eigenvalue weighted by molar-refractivity contribution is 7.89. The molecule has 10 heteroatoms. The summed E-state index contributed by atoms with van der Waals surface area (Å²) in [6, 6.07) is -1.05. The number of nitrogens with one attached hydrogen (secondary N) is 1. The fourth-order valence-corrected chi connectivity index (χ4v) is 4.15. The van der Waals surface area contributed by atoms with E-state index in [1.807, 2.05) is 0 Å². The Kier molecular flexibility index (Phi) is 5.52. The normalized spacial score (nSPS) is 17.1. The van der Waals surface area contributed by atoms with Crippen LogP contribution in [0.25, 0.3) is 0 Å². The van der Waals surface area contributed by atoms with E-state index >= 15 is 0 Å². The summed E-state index contributed by atoms with van der Waals surface area (Å²) in [6.45, 7) is 5.99. The Hall–Kier alpha value is -1.94. The standard InChI is InChI=1S/C15H23N3O6S/c1-8(15(20)21)7-18(12-5-6-12)14(19)10(3)17-25(22,23)13-9(2)16-24-11(13)4/h8,10,12,17H,5-7H2,1-4H3,(H,20,21). The predicted molar refractivity (Wildman–Crippen MR) is 87.3 cm³/mol. The van der Waals surface area contributed by atoms with E-state index < -0.39 is 33.9 Å². The number of sulfonamides is 1. The summed E-state index contributed by atoms with van der Waals surface area (Å²) in [5.41, 5.74) is 0.211. The molecule has 1 heterocycles. The van der Waals surface area contributed by atoms with Gasteiger partial charge in [0, 0.05) is 12.6 Å². The lowest BCUT2D eigenvalue weighted by Gasteiger charge is -2.27. The van der Waals surface area contributed by atoms with Gasteiger partial charge in [0.2, 0.25) is 15.9 Å². The van der Waals surface area contributed by atoms with Gasteiger partial charge in [-0.3, -0.25) is 9.59 Å². The van der Waals surface area contributed by atoms with E-state index in [2.05, 4.69) is 9.88 Å². The van der Waals surface area contributed by atoms with E-state index in [1.54, 1.807) is 0 Å². The summed E-state index contributed by atoms with van der Waals surface area (Å²) >= 11 is 0. The van der Waals surface area contributed by atoms with Crippen LogP contribution in [0.4, 0.5) is 0 Å².